The number of thioether (sulfide) groups is 1. The van der Waals surface area contributed by atoms with Crippen molar-refractivity contribution in [3.05, 3.63) is 21.5 Å². The molecule has 0 aliphatic heterocycles. The predicted octanol–water partition coefficient (Wildman–Crippen LogP) is 2.41. The van der Waals surface area contributed by atoms with Gasteiger partial charge in [-0.15, -0.1) is 0 Å². The Balaban J connectivity index is 3.56. The molecule has 0 heterocycles. The van der Waals surface area contributed by atoms with E-state index in [2.05, 4.69) is 22.5 Å². The van der Waals surface area contributed by atoms with Crippen LogP contribution in [0.5, 0.6) is 0 Å². The standard InChI is InChI=1S/C5H8BrNS/c1-3-5(6)8-4(2)7/h3H,2,7H2,1H3/b5-3-. The minimum absolute atomic E-state index is 0.606. The fraction of sp³-hybridized carbons (Fsp3) is 0.200. The summed E-state index contributed by atoms with van der Waals surface area (Å²) in [6.07, 6.45) is 1.92. The first-order valence-electron chi connectivity index (χ1n) is 2.11. The van der Waals surface area contributed by atoms with Gasteiger partial charge in [-0.05, 0) is 22.9 Å². The molecule has 0 aromatic rings. The summed E-state index contributed by atoms with van der Waals surface area (Å²) in [5.74, 6) is 0. The van der Waals surface area contributed by atoms with E-state index in [9.17, 15) is 0 Å². The van der Waals surface area contributed by atoms with Crippen LogP contribution in [0, 0.1) is 0 Å². The van der Waals surface area contributed by atoms with Crippen LogP contribution in [0.25, 0.3) is 0 Å². The van der Waals surface area contributed by atoms with Crippen LogP contribution < -0.4 is 5.73 Å². The Morgan fingerprint density at radius 1 is 1.88 bits per heavy atom. The number of hydrogen-bond donors (Lipinski definition) is 1. The molecule has 3 heteroatoms. The van der Waals surface area contributed by atoms with Crippen molar-refractivity contribution in [2.45, 2.75) is 6.92 Å². The summed E-state index contributed by atoms with van der Waals surface area (Å²) >= 11 is 4.68. The molecule has 0 rings (SSSR count). The van der Waals surface area contributed by atoms with Crippen LogP contribution in [0.4, 0.5) is 0 Å². The number of rotatable bonds is 2. The highest BCUT2D eigenvalue weighted by Crippen LogP contribution is 2.24. The average molecular weight is 194 g/mol. The van der Waals surface area contributed by atoms with Crippen LogP contribution in [0.15, 0.2) is 21.5 Å². The minimum atomic E-state index is 0.606. The molecule has 0 bridgehead atoms. The first-order valence-corrected chi connectivity index (χ1v) is 3.71. The lowest BCUT2D eigenvalue weighted by Gasteiger charge is -1.93. The molecule has 0 aliphatic carbocycles. The Kier molecular flexibility index (Phi) is 4.09. The molecule has 1 nitrogen and oxygen atoms in total. The SMILES string of the molecule is C=C(N)S/C(Br)=C\C. The quantitative estimate of drug-likeness (QED) is 0.730. The molecule has 0 aromatic heterocycles. The van der Waals surface area contributed by atoms with E-state index in [1.165, 1.54) is 11.8 Å². The molecule has 8 heavy (non-hydrogen) atoms. The summed E-state index contributed by atoms with van der Waals surface area (Å²) in [7, 11) is 0. The number of allylic oxidation sites excluding steroid dienone is 1. The second-order valence-corrected chi connectivity index (χ2v) is 3.71. The Morgan fingerprint density at radius 3 is 2.50 bits per heavy atom. The van der Waals surface area contributed by atoms with Crippen LogP contribution in [-0.2, 0) is 0 Å². The molecule has 0 saturated carbocycles. The lowest BCUT2D eigenvalue weighted by molar-refractivity contribution is 1.58. The molecule has 0 amide bonds. The number of hydrogen-bond acceptors (Lipinski definition) is 2. The first kappa shape index (κ1) is 8.11. The Labute approximate surface area is 62.2 Å². The zero-order chi connectivity index (χ0) is 6.57. The van der Waals surface area contributed by atoms with E-state index in [1.54, 1.807) is 0 Å². The summed E-state index contributed by atoms with van der Waals surface area (Å²) in [5, 5.41) is 0.606. The summed E-state index contributed by atoms with van der Waals surface area (Å²) < 4.78 is 1.00. The van der Waals surface area contributed by atoms with E-state index in [4.69, 9.17) is 5.73 Å². The van der Waals surface area contributed by atoms with E-state index >= 15 is 0 Å². The maximum atomic E-state index is 5.27. The van der Waals surface area contributed by atoms with Gasteiger partial charge in [-0.2, -0.15) is 0 Å². The van der Waals surface area contributed by atoms with E-state index in [0.717, 1.165) is 3.81 Å². The van der Waals surface area contributed by atoms with Crippen molar-refractivity contribution in [2.24, 2.45) is 5.73 Å². The Bertz CT molecular complexity index is 120. The molecule has 0 fully saturated rings. The number of halogens is 1. The molecule has 0 unspecified atom stereocenters. The summed E-state index contributed by atoms with van der Waals surface area (Å²) in [6, 6.07) is 0. The molecule has 2 N–H and O–H groups in total. The maximum absolute atomic E-state index is 5.27. The van der Waals surface area contributed by atoms with Gasteiger partial charge in [0.1, 0.15) is 0 Å². The van der Waals surface area contributed by atoms with Crippen molar-refractivity contribution in [2.75, 3.05) is 0 Å². The predicted molar refractivity (Wildman–Crippen MR) is 43.6 cm³/mol. The lowest BCUT2D eigenvalue weighted by Crippen LogP contribution is -1.86. The summed E-state index contributed by atoms with van der Waals surface area (Å²) in [6.45, 7) is 5.44. The van der Waals surface area contributed by atoms with E-state index < -0.39 is 0 Å². The molecule has 0 aromatic carbocycles. The summed E-state index contributed by atoms with van der Waals surface area (Å²) in [4.78, 5) is 0. The van der Waals surface area contributed by atoms with Crippen LogP contribution in [0.2, 0.25) is 0 Å². The molecule has 0 spiro atoms. The van der Waals surface area contributed by atoms with Crippen LogP contribution in [0.3, 0.4) is 0 Å². The third kappa shape index (κ3) is 4.27. The van der Waals surface area contributed by atoms with Gasteiger partial charge >= 0.3 is 0 Å². The topological polar surface area (TPSA) is 26.0 Å². The van der Waals surface area contributed by atoms with Gasteiger partial charge in [-0.1, -0.05) is 24.4 Å². The molecule has 46 valence electrons. The van der Waals surface area contributed by atoms with Crippen molar-refractivity contribution in [3.63, 3.8) is 0 Å². The van der Waals surface area contributed by atoms with Gasteiger partial charge in [0.15, 0.2) is 0 Å². The van der Waals surface area contributed by atoms with Gasteiger partial charge in [0.2, 0.25) is 0 Å². The second kappa shape index (κ2) is 4.04. The highest BCUT2D eigenvalue weighted by Gasteiger charge is 1.88. The van der Waals surface area contributed by atoms with Crippen molar-refractivity contribution < 1.29 is 0 Å². The third-order valence-corrected chi connectivity index (χ3v) is 2.09. The van der Waals surface area contributed by atoms with Gasteiger partial charge in [-0.3, -0.25) is 0 Å². The zero-order valence-corrected chi connectivity index (χ0v) is 7.05. The van der Waals surface area contributed by atoms with Crippen molar-refractivity contribution >= 4 is 27.7 Å². The maximum Gasteiger partial charge on any atom is 0.0635 e. The second-order valence-electron chi connectivity index (χ2n) is 1.16. The van der Waals surface area contributed by atoms with Crippen LogP contribution in [-0.4, -0.2) is 0 Å². The van der Waals surface area contributed by atoms with Crippen molar-refractivity contribution in [1.82, 2.24) is 0 Å². The van der Waals surface area contributed by atoms with Gasteiger partial charge in [0.05, 0.1) is 8.84 Å². The highest BCUT2D eigenvalue weighted by atomic mass is 79.9. The monoisotopic (exact) mass is 193 g/mol. The van der Waals surface area contributed by atoms with Gasteiger partial charge in [-0.25, -0.2) is 0 Å². The first-order chi connectivity index (χ1) is 3.66. The zero-order valence-electron chi connectivity index (χ0n) is 4.65. The molecular weight excluding hydrogens is 186 g/mol. The molecule has 0 radical (unpaired) electrons. The lowest BCUT2D eigenvalue weighted by atomic mass is 10.8. The van der Waals surface area contributed by atoms with Gasteiger partial charge in [0, 0.05) is 0 Å². The van der Waals surface area contributed by atoms with E-state index in [0.29, 0.717) is 5.03 Å². The van der Waals surface area contributed by atoms with Gasteiger partial charge < -0.3 is 5.73 Å². The van der Waals surface area contributed by atoms with Crippen LogP contribution in [0.1, 0.15) is 6.92 Å². The van der Waals surface area contributed by atoms with Crippen molar-refractivity contribution in [3.8, 4) is 0 Å². The fourth-order valence-corrected chi connectivity index (χ4v) is 1.18. The fourth-order valence-electron chi connectivity index (χ4n) is 0.184. The van der Waals surface area contributed by atoms with E-state index in [1.807, 2.05) is 13.0 Å². The largest absolute Gasteiger partial charge is 0.394 e. The molecular formula is C5H8BrNS. The Hall–Kier alpha value is 0.110. The minimum Gasteiger partial charge on any atom is -0.394 e. The number of nitrogens with two attached hydrogens (primary N) is 1. The Morgan fingerprint density at radius 2 is 2.38 bits per heavy atom. The third-order valence-electron chi connectivity index (χ3n) is 0.456. The molecule has 0 atom stereocenters. The smallest absolute Gasteiger partial charge is 0.0635 e. The average Bonchev–Trinajstić information content (AvgIpc) is 1.65. The molecule has 0 saturated heterocycles. The normalized spacial score (nSPS) is 11.5. The van der Waals surface area contributed by atoms with Crippen molar-refractivity contribution in [1.29, 1.82) is 0 Å². The highest BCUT2D eigenvalue weighted by molar-refractivity contribution is 9.14. The van der Waals surface area contributed by atoms with E-state index in [-0.39, 0.29) is 0 Å². The van der Waals surface area contributed by atoms with Gasteiger partial charge in [0.25, 0.3) is 0 Å². The van der Waals surface area contributed by atoms with Crippen LogP contribution >= 0.6 is 27.7 Å². The summed E-state index contributed by atoms with van der Waals surface area (Å²) in [5.41, 5.74) is 5.27. The molecule has 0 aliphatic rings.